The van der Waals surface area contributed by atoms with Crippen LogP contribution in [0.25, 0.3) is 0 Å². The molecule has 0 spiro atoms. The Kier molecular flexibility index (Phi) is 3.72. The fourth-order valence-electron chi connectivity index (χ4n) is 2.16. The van der Waals surface area contributed by atoms with Crippen molar-refractivity contribution in [2.75, 3.05) is 5.32 Å². The molecule has 1 atom stereocenters. The predicted molar refractivity (Wildman–Crippen MR) is 72.3 cm³/mol. The summed E-state index contributed by atoms with van der Waals surface area (Å²) in [6, 6.07) is 8.53. The number of fused-ring (bicyclic) bond motifs is 1. The second kappa shape index (κ2) is 5.40. The molecule has 1 aromatic carbocycles. The van der Waals surface area contributed by atoms with Crippen molar-refractivity contribution in [3.63, 3.8) is 0 Å². The molecule has 4 N–H and O–H groups in total. The summed E-state index contributed by atoms with van der Waals surface area (Å²) >= 11 is -1.88. The van der Waals surface area contributed by atoms with E-state index in [1.54, 1.807) is 32.7 Å². The van der Waals surface area contributed by atoms with Crippen LogP contribution in [-0.2, 0) is 23.6 Å². The number of anilines is 1. The van der Waals surface area contributed by atoms with Crippen LogP contribution < -0.4 is 16.4 Å². The molecule has 3 rings (SSSR count). The van der Waals surface area contributed by atoms with Gasteiger partial charge >= 0.3 is 136 Å². The van der Waals surface area contributed by atoms with E-state index in [4.69, 9.17) is 14.0 Å². The minimum atomic E-state index is -1.88. The molecule has 0 saturated carbocycles. The van der Waals surface area contributed by atoms with Crippen LogP contribution in [-0.4, -0.2) is 24.8 Å². The molecule has 9 heteroatoms. The average Bonchev–Trinajstić information content (AvgIpc) is 2.90. The summed E-state index contributed by atoms with van der Waals surface area (Å²) < 4.78 is 1.72. The average molecular weight is 492 g/mol. The Hall–Kier alpha value is -1.44. The van der Waals surface area contributed by atoms with Gasteiger partial charge in [-0.25, -0.2) is 0 Å². The van der Waals surface area contributed by atoms with E-state index in [1.807, 2.05) is 0 Å². The summed E-state index contributed by atoms with van der Waals surface area (Å²) in [7, 11) is 5.99. The van der Waals surface area contributed by atoms with Gasteiger partial charge in [0.1, 0.15) is 0 Å². The Morgan fingerprint density at radius 3 is 2.71 bits per heavy atom. The molecule has 2 aromatic rings. The molecular weight excluding hydrogens is 482 g/mol. The monoisotopic (exact) mass is 493 g/mol. The molecule has 7 nitrogen and oxygen atoms in total. The first-order valence-corrected chi connectivity index (χ1v) is 15.4. The number of nitrogens with one attached hydrogen (secondary N) is 2. The molecule has 21 heavy (non-hydrogen) atoms. The Balaban J connectivity index is 2.00. The topological polar surface area (TPSA) is 102 Å². The number of hydrogen-bond acceptors (Lipinski definition) is 5. The third-order valence-electron chi connectivity index (χ3n) is 3.20. The van der Waals surface area contributed by atoms with Crippen LogP contribution in [0.4, 0.5) is 5.82 Å². The van der Waals surface area contributed by atoms with E-state index < -0.39 is 41.1 Å². The molecule has 0 bridgehead atoms. The number of ketones is 1. The number of imidazole rings is 1. The van der Waals surface area contributed by atoms with Gasteiger partial charge in [0.05, 0.1) is 0 Å². The van der Waals surface area contributed by atoms with Crippen molar-refractivity contribution < 1.29 is 33.2 Å². The molecule has 0 radical (unpaired) electrons. The van der Waals surface area contributed by atoms with Crippen molar-refractivity contribution >= 4 is 25.8 Å². The van der Waals surface area contributed by atoms with Gasteiger partial charge in [-0.15, -0.1) is 0 Å². The van der Waals surface area contributed by atoms with E-state index in [2.05, 4.69) is 15.6 Å². The van der Waals surface area contributed by atoms with Crippen LogP contribution in [0, 0.1) is 0 Å². The number of Topliss-reactive ketones (excluding diaryl/α,β-unsaturated/α-hetero) is 1. The molecule has 1 aliphatic heterocycles. The van der Waals surface area contributed by atoms with Gasteiger partial charge in [0.15, 0.2) is 0 Å². The number of hydrogen-bond donors (Lipinski definition) is 3. The number of halogens is 1. The number of aromatic nitrogens is 2. The molecule has 0 saturated heterocycles. The first kappa shape index (κ1) is 14.5. The third-order valence-corrected chi connectivity index (χ3v) is 8.33. The summed E-state index contributed by atoms with van der Waals surface area (Å²) in [5.41, 5.74) is 6.68. The Morgan fingerprint density at radius 1 is 1.33 bits per heavy atom. The van der Waals surface area contributed by atoms with Crippen molar-refractivity contribution in [2.24, 2.45) is 5.73 Å². The van der Waals surface area contributed by atoms with Crippen molar-refractivity contribution in [1.82, 2.24) is 12.6 Å². The fourth-order valence-corrected chi connectivity index (χ4v) is 5.66. The third kappa shape index (κ3) is 2.45. The number of carbonyl (C=O) groups excluding carboxylic acids is 2. The van der Waals surface area contributed by atoms with Crippen molar-refractivity contribution in [3.05, 3.63) is 47.9 Å². The quantitative estimate of drug-likeness (QED) is 0.429. The number of carbonyl (C=O) groups is 2. The SMILES string of the molecule is NC1(C(=O)c2ccccc2)NC(=O)c2nc[n]([Hg][Cl])c2N1. The van der Waals surface area contributed by atoms with E-state index in [0.29, 0.717) is 11.4 Å². The predicted octanol–water partition coefficient (Wildman–Crippen LogP) is 0.533. The normalized spacial score (nSPS) is 20.0. The van der Waals surface area contributed by atoms with Crippen molar-refractivity contribution in [1.29, 1.82) is 0 Å². The second-order valence-corrected chi connectivity index (χ2v) is 10.3. The van der Waals surface area contributed by atoms with E-state index >= 15 is 0 Å². The molecule has 1 aliphatic rings. The van der Waals surface area contributed by atoms with Gasteiger partial charge in [-0.3, -0.25) is 0 Å². The number of benzene rings is 1. The summed E-state index contributed by atoms with van der Waals surface area (Å²) in [5.74, 6) is -2.21. The number of amides is 1. The zero-order chi connectivity index (χ0) is 15.0. The zero-order valence-corrected chi connectivity index (χ0v) is 17.1. The second-order valence-electron chi connectivity index (χ2n) is 4.61. The molecule has 1 aromatic heterocycles. The van der Waals surface area contributed by atoms with E-state index in [1.165, 1.54) is 6.33 Å². The number of rotatable bonds is 3. The van der Waals surface area contributed by atoms with E-state index in [-0.39, 0.29) is 5.69 Å². The zero-order valence-electron chi connectivity index (χ0n) is 10.8. The molecule has 0 aliphatic carbocycles. The summed E-state index contributed by atoms with van der Waals surface area (Å²) in [4.78, 5) is 28.6. The van der Waals surface area contributed by atoms with Crippen LogP contribution >= 0.6 is 8.25 Å². The molecule has 1 unspecified atom stereocenters. The Morgan fingerprint density at radius 2 is 2.05 bits per heavy atom. The summed E-state index contributed by atoms with van der Waals surface area (Å²) in [5, 5.41) is 5.34. The van der Waals surface area contributed by atoms with E-state index in [0.717, 1.165) is 0 Å². The molecule has 1 amide bonds. The molecular formula is C12H10ClHgN5O2. The first-order chi connectivity index (χ1) is 10.0. The van der Waals surface area contributed by atoms with Gasteiger partial charge in [-0.05, 0) is 0 Å². The van der Waals surface area contributed by atoms with Crippen molar-refractivity contribution in [3.8, 4) is 0 Å². The molecule has 2 heterocycles. The Labute approximate surface area is 136 Å². The minimum absolute atomic E-state index is 0.206. The van der Waals surface area contributed by atoms with Gasteiger partial charge < -0.3 is 0 Å². The fraction of sp³-hybridized carbons (Fsp3) is 0.0833. The number of nitrogens with two attached hydrogens (primary N) is 1. The van der Waals surface area contributed by atoms with E-state index in [9.17, 15) is 9.59 Å². The van der Waals surface area contributed by atoms with Crippen LogP contribution in [0.1, 0.15) is 20.8 Å². The summed E-state index contributed by atoms with van der Waals surface area (Å²) in [6.45, 7) is 0. The van der Waals surface area contributed by atoms with Crippen LogP contribution in [0.3, 0.4) is 0 Å². The van der Waals surface area contributed by atoms with Gasteiger partial charge in [0.25, 0.3) is 0 Å². The van der Waals surface area contributed by atoms with Crippen LogP contribution in [0.2, 0.25) is 0 Å². The molecule has 104 valence electrons. The maximum absolute atomic E-state index is 12.6. The summed E-state index contributed by atoms with van der Waals surface area (Å²) in [6.07, 6.45) is 1.50. The van der Waals surface area contributed by atoms with Gasteiger partial charge in [0.2, 0.25) is 0 Å². The van der Waals surface area contributed by atoms with Crippen LogP contribution in [0.15, 0.2) is 36.7 Å². The maximum atomic E-state index is 12.6. The standard InChI is InChI=1S/C12H11N5O2.ClH.Hg/c13-12(9(18)7-4-2-1-3-5-7)16-10-8(11(19)17-12)14-6-15-10;;/h1-6H,13H2,(H3,14,15,16,17,19);1H;/q;;+2/p-2. The van der Waals surface area contributed by atoms with Crippen molar-refractivity contribution in [2.45, 2.75) is 5.79 Å². The van der Waals surface area contributed by atoms with Gasteiger partial charge in [0, 0.05) is 0 Å². The van der Waals surface area contributed by atoms with Crippen LogP contribution in [0.5, 0.6) is 0 Å². The molecule has 0 fully saturated rings. The first-order valence-electron chi connectivity index (χ1n) is 6.15. The van der Waals surface area contributed by atoms with Gasteiger partial charge in [-0.1, -0.05) is 0 Å². The van der Waals surface area contributed by atoms with Gasteiger partial charge in [-0.2, -0.15) is 0 Å². The number of nitrogens with zero attached hydrogens (tertiary/aromatic N) is 2. The Bertz CT molecular complexity index is 720.